The van der Waals surface area contributed by atoms with Gasteiger partial charge in [0.15, 0.2) is 0 Å². The highest BCUT2D eigenvalue weighted by Gasteiger charge is 2.21. The average Bonchev–Trinajstić information content (AvgIpc) is 2.22. The Bertz CT molecular complexity index is 352. The Morgan fingerprint density at radius 1 is 0.867 bits per heavy atom. The van der Waals surface area contributed by atoms with Crippen molar-refractivity contribution in [3.63, 3.8) is 0 Å². The fourth-order valence-corrected chi connectivity index (χ4v) is 1.26. The van der Waals surface area contributed by atoms with Gasteiger partial charge in [0.05, 0.1) is 11.1 Å². The number of hydrogen-bond donors (Lipinski definition) is 0. The van der Waals surface area contributed by atoms with Crippen LogP contribution in [0.4, 0.5) is 0 Å². The molecule has 0 radical (unpaired) electrons. The van der Waals surface area contributed by atoms with Gasteiger partial charge in [0.2, 0.25) is 0 Å². The van der Waals surface area contributed by atoms with Crippen LogP contribution in [0.25, 0.3) is 0 Å². The molecule has 5 heteroatoms. The summed E-state index contributed by atoms with van der Waals surface area (Å²) in [5, 5.41) is 0. The number of ether oxygens (including phenoxy) is 2. The monoisotopic (exact) mass is 228 g/mol. The molecular formula is C10H9ClO4. The number of rotatable bonds is 0. The summed E-state index contributed by atoms with van der Waals surface area (Å²) in [6.07, 6.45) is 0. The van der Waals surface area contributed by atoms with Gasteiger partial charge < -0.3 is 9.47 Å². The molecule has 1 aliphatic rings. The van der Waals surface area contributed by atoms with Crippen molar-refractivity contribution < 1.29 is 19.1 Å². The normalized spacial score (nSPS) is 14.9. The summed E-state index contributed by atoms with van der Waals surface area (Å²) in [5.74, 6) is -0.950. The molecule has 0 bridgehead atoms. The van der Waals surface area contributed by atoms with Gasteiger partial charge in [-0.05, 0) is 12.1 Å². The summed E-state index contributed by atoms with van der Waals surface area (Å²) in [6, 6.07) is 6.44. The lowest BCUT2D eigenvalue weighted by molar-refractivity contribution is 0.0225. The molecule has 80 valence electrons. The first-order chi connectivity index (χ1) is 6.79. The Labute approximate surface area is 92.6 Å². The number of hydrogen-bond acceptors (Lipinski definition) is 4. The van der Waals surface area contributed by atoms with Crippen LogP contribution in [0.2, 0.25) is 0 Å². The highest BCUT2D eigenvalue weighted by molar-refractivity contribution is 6.03. The number of carbonyl (C=O) groups excluding carboxylic acids is 2. The molecule has 0 saturated carbocycles. The average molecular weight is 229 g/mol. The first kappa shape index (κ1) is 11.5. The minimum atomic E-state index is -0.475. The van der Waals surface area contributed by atoms with Gasteiger partial charge in [-0.1, -0.05) is 12.1 Å². The van der Waals surface area contributed by atoms with E-state index in [1.165, 1.54) is 0 Å². The first-order valence-corrected chi connectivity index (χ1v) is 4.22. The van der Waals surface area contributed by atoms with Crippen molar-refractivity contribution in [1.82, 2.24) is 0 Å². The third kappa shape index (κ3) is 2.27. The maximum Gasteiger partial charge on any atom is 0.339 e. The molecule has 1 heterocycles. The standard InChI is InChI=1S/C10H8O4.ClH/c11-9-7-3-1-2-4-8(7)10(12)14-6-5-13-9;/h1-4H,5-6H2;1H. The smallest absolute Gasteiger partial charge is 0.339 e. The molecule has 0 amide bonds. The SMILES string of the molecule is Cl.O=C1OCCOC(=O)c2ccccc21. The van der Waals surface area contributed by atoms with Crippen LogP contribution in [0.5, 0.6) is 0 Å². The van der Waals surface area contributed by atoms with Crippen LogP contribution >= 0.6 is 12.4 Å². The molecule has 0 N–H and O–H groups in total. The molecule has 0 aromatic heterocycles. The number of carbonyl (C=O) groups is 2. The third-order valence-corrected chi connectivity index (χ3v) is 1.92. The van der Waals surface area contributed by atoms with Crippen molar-refractivity contribution in [3.05, 3.63) is 35.4 Å². The molecule has 0 unspecified atom stereocenters. The van der Waals surface area contributed by atoms with Gasteiger partial charge >= 0.3 is 11.9 Å². The maximum atomic E-state index is 11.4. The summed E-state index contributed by atoms with van der Waals surface area (Å²) < 4.78 is 9.68. The van der Waals surface area contributed by atoms with Gasteiger partial charge in [-0.3, -0.25) is 0 Å². The number of cyclic esters (lactones) is 2. The largest absolute Gasteiger partial charge is 0.458 e. The third-order valence-electron chi connectivity index (χ3n) is 1.92. The van der Waals surface area contributed by atoms with Crippen molar-refractivity contribution in [3.8, 4) is 0 Å². The molecule has 0 saturated heterocycles. The molecule has 0 atom stereocenters. The molecule has 0 fully saturated rings. The van der Waals surface area contributed by atoms with Gasteiger partial charge in [-0.2, -0.15) is 0 Å². The summed E-state index contributed by atoms with van der Waals surface area (Å²) in [5.41, 5.74) is 0.523. The van der Waals surface area contributed by atoms with E-state index in [4.69, 9.17) is 9.47 Å². The van der Waals surface area contributed by atoms with E-state index >= 15 is 0 Å². The number of esters is 2. The predicted molar refractivity (Wildman–Crippen MR) is 54.3 cm³/mol. The Kier molecular flexibility index (Phi) is 3.68. The van der Waals surface area contributed by atoms with Gasteiger partial charge in [-0.25, -0.2) is 9.59 Å². The Balaban J connectivity index is 0.00000112. The van der Waals surface area contributed by atoms with E-state index in [-0.39, 0.29) is 36.7 Å². The van der Waals surface area contributed by atoms with E-state index in [1.54, 1.807) is 24.3 Å². The Hall–Kier alpha value is -1.55. The highest BCUT2D eigenvalue weighted by atomic mass is 35.5. The quantitative estimate of drug-likeness (QED) is 0.631. The van der Waals surface area contributed by atoms with Crippen molar-refractivity contribution in [1.29, 1.82) is 0 Å². The number of benzene rings is 1. The molecule has 15 heavy (non-hydrogen) atoms. The number of fused-ring (bicyclic) bond motifs is 1. The van der Waals surface area contributed by atoms with Crippen LogP contribution < -0.4 is 0 Å². The zero-order chi connectivity index (χ0) is 9.97. The van der Waals surface area contributed by atoms with Gasteiger partial charge in [0.1, 0.15) is 13.2 Å². The van der Waals surface area contributed by atoms with E-state index < -0.39 is 11.9 Å². The Morgan fingerprint density at radius 2 is 1.27 bits per heavy atom. The zero-order valence-electron chi connectivity index (χ0n) is 7.76. The van der Waals surface area contributed by atoms with E-state index in [0.29, 0.717) is 0 Å². The van der Waals surface area contributed by atoms with Gasteiger partial charge in [-0.15, -0.1) is 12.4 Å². The van der Waals surface area contributed by atoms with Gasteiger partial charge in [0, 0.05) is 0 Å². The molecule has 4 nitrogen and oxygen atoms in total. The van der Waals surface area contributed by atoms with Gasteiger partial charge in [0.25, 0.3) is 0 Å². The van der Waals surface area contributed by atoms with E-state index in [1.807, 2.05) is 0 Å². The van der Waals surface area contributed by atoms with Crippen LogP contribution in [0.15, 0.2) is 24.3 Å². The summed E-state index contributed by atoms with van der Waals surface area (Å²) >= 11 is 0. The summed E-state index contributed by atoms with van der Waals surface area (Å²) in [4.78, 5) is 22.7. The van der Waals surface area contributed by atoms with Crippen LogP contribution in [-0.2, 0) is 9.47 Å². The lowest BCUT2D eigenvalue weighted by Crippen LogP contribution is -2.21. The highest BCUT2D eigenvalue weighted by Crippen LogP contribution is 2.13. The van der Waals surface area contributed by atoms with Crippen LogP contribution in [-0.4, -0.2) is 25.2 Å². The minimum Gasteiger partial charge on any atom is -0.458 e. The zero-order valence-corrected chi connectivity index (χ0v) is 8.58. The van der Waals surface area contributed by atoms with E-state index in [0.717, 1.165) is 0 Å². The second kappa shape index (κ2) is 4.79. The molecule has 1 aromatic rings. The summed E-state index contributed by atoms with van der Waals surface area (Å²) in [6.45, 7) is 0.220. The molecule has 2 rings (SSSR count). The van der Waals surface area contributed by atoms with Crippen LogP contribution in [0, 0.1) is 0 Å². The maximum absolute atomic E-state index is 11.4. The fourth-order valence-electron chi connectivity index (χ4n) is 1.26. The summed E-state index contributed by atoms with van der Waals surface area (Å²) in [7, 11) is 0. The predicted octanol–water partition coefficient (Wildman–Crippen LogP) is 1.44. The lowest BCUT2D eigenvalue weighted by atomic mass is 10.1. The van der Waals surface area contributed by atoms with Crippen molar-refractivity contribution in [2.24, 2.45) is 0 Å². The molecule has 0 spiro atoms. The second-order valence-electron chi connectivity index (χ2n) is 2.82. The first-order valence-electron chi connectivity index (χ1n) is 4.22. The van der Waals surface area contributed by atoms with E-state index in [2.05, 4.69) is 0 Å². The minimum absolute atomic E-state index is 0. The van der Waals surface area contributed by atoms with E-state index in [9.17, 15) is 9.59 Å². The molecule has 1 aromatic carbocycles. The fraction of sp³-hybridized carbons (Fsp3) is 0.200. The van der Waals surface area contributed by atoms with Crippen molar-refractivity contribution in [2.75, 3.05) is 13.2 Å². The van der Waals surface area contributed by atoms with Crippen LogP contribution in [0.3, 0.4) is 0 Å². The van der Waals surface area contributed by atoms with Crippen LogP contribution in [0.1, 0.15) is 20.7 Å². The molecule has 0 aliphatic carbocycles. The van der Waals surface area contributed by atoms with Crippen molar-refractivity contribution in [2.45, 2.75) is 0 Å². The Morgan fingerprint density at radius 3 is 1.67 bits per heavy atom. The molecular weight excluding hydrogens is 220 g/mol. The number of halogens is 1. The van der Waals surface area contributed by atoms with Crippen molar-refractivity contribution >= 4 is 24.3 Å². The molecule has 1 aliphatic heterocycles. The lowest BCUT2D eigenvalue weighted by Gasteiger charge is -2.13. The second-order valence-corrected chi connectivity index (χ2v) is 2.82. The topological polar surface area (TPSA) is 52.6 Å².